The number of H-pyrrole nitrogens is 1. The van der Waals surface area contributed by atoms with Crippen molar-refractivity contribution in [1.29, 1.82) is 0 Å². The molecule has 2 aromatic carbocycles. The Labute approximate surface area is 208 Å². The van der Waals surface area contributed by atoms with Crippen molar-refractivity contribution in [2.24, 2.45) is 0 Å². The summed E-state index contributed by atoms with van der Waals surface area (Å²) in [7, 11) is 2.14. The first kappa shape index (κ1) is 24.0. The Morgan fingerprint density at radius 1 is 0.972 bits per heavy atom. The van der Waals surface area contributed by atoms with E-state index in [4.69, 9.17) is 0 Å². The molecule has 0 spiro atoms. The molecule has 5 rings (SSSR count). The minimum atomic E-state index is -1.06. The lowest BCUT2D eigenvalue weighted by molar-refractivity contribution is 0.148. The van der Waals surface area contributed by atoms with Crippen LogP contribution >= 0.6 is 0 Å². The fourth-order valence-electron chi connectivity index (χ4n) is 4.66. The van der Waals surface area contributed by atoms with E-state index in [0.717, 1.165) is 44.4 Å². The predicted octanol–water partition coefficient (Wildman–Crippen LogP) is 3.55. The van der Waals surface area contributed by atoms with Crippen LogP contribution in [0.2, 0.25) is 0 Å². The highest BCUT2D eigenvalue weighted by molar-refractivity contribution is 5.82. The number of rotatable bonds is 7. The first-order valence-corrected chi connectivity index (χ1v) is 12.0. The van der Waals surface area contributed by atoms with Gasteiger partial charge in [0.25, 0.3) is 0 Å². The molecule has 0 aliphatic carbocycles. The number of fused-ring (bicyclic) bond motifs is 1. The van der Waals surface area contributed by atoms with Gasteiger partial charge >= 0.3 is 0 Å². The van der Waals surface area contributed by atoms with Crippen molar-refractivity contribution >= 4 is 16.7 Å². The number of anilines is 1. The van der Waals surface area contributed by atoms with Crippen molar-refractivity contribution in [1.82, 2.24) is 24.8 Å². The van der Waals surface area contributed by atoms with Gasteiger partial charge in [0.2, 0.25) is 5.56 Å². The molecular formula is C27H28F2N6O. The van der Waals surface area contributed by atoms with Crippen LogP contribution in [0.1, 0.15) is 16.7 Å². The van der Waals surface area contributed by atoms with E-state index in [2.05, 4.69) is 43.9 Å². The molecule has 4 aromatic rings. The maximum Gasteiger partial charge on any atom is 0.248 e. The number of hydrogen-bond acceptors (Lipinski definition) is 6. The zero-order chi connectivity index (χ0) is 25.1. The summed E-state index contributed by atoms with van der Waals surface area (Å²) in [5, 5.41) is 0.452. The van der Waals surface area contributed by atoms with Gasteiger partial charge in [-0.05, 0) is 35.9 Å². The maximum atomic E-state index is 14.5. The molecule has 9 heteroatoms. The molecular weight excluding hydrogens is 462 g/mol. The van der Waals surface area contributed by atoms with Crippen LogP contribution in [0.15, 0.2) is 65.8 Å². The number of hydrogen-bond donors (Lipinski definition) is 1. The number of aromatic amines is 1. The molecule has 1 fully saturated rings. The second-order valence-corrected chi connectivity index (χ2v) is 9.21. The molecule has 0 radical (unpaired) electrons. The van der Waals surface area contributed by atoms with Gasteiger partial charge in [0.15, 0.2) is 11.6 Å². The molecule has 1 N–H and O–H groups in total. The first-order chi connectivity index (χ1) is 17.5. The lowest BCUT2D eigenvalue weighted by atomic mass is 10.0. The molecule has 3 heterocycles. The van der Waals surface area contributed by atoms with E-state index in [1.54, 1.807) is 18.6 Å². The third-order valence-electron chi connectivity index (χ3n) is 6.70. The Kier molecular flexibility index (Phi) is 7.02. The van der Waals surface area contributed by atoms with Gasteiger partial charge in [-0.25, -0.2) is 13.8 Å². The van der Waals surface area contributed by atoms with Crippen LogP contribution in [-0.4, -0.2) is 58.0 Å². The Morgan fingerprint density at radius 2 is 1.72 bits per heavy atom. The van der Waals surface area contributed by atoms with E-state index in [9.17, 15) is 13.6 Å². The van der Waals surface area contributed by atoms with Crippen LogP contribution in [0.3, 0.4) is 0 Å². The summed E-state index contributed by atoms with van der Waals surface area (Å²) in [5.41, 5.74) is 2.31. The summed E-state index contributed by atoms with van der Waals surface area (Å²) in [6, 6.07) is 12.3. The average Bonchev–Trinajstić information content (AvgIpc) is 2.89. The monoisotopic (exact) mass is 490 g/mol. The van der Waals surface area contributed by atoms with Gasteiger partial charge in [0.1, 0.15) is 5.82 Å². The van der Waals surface area contributed by atoms with Gasteiger partial charge in [0, 0.05) is 69.7 Å². The third-order valence-corrected chi connectivity index (χ3v) is 6.70. The van der Waals surface area contributed by atoms with Crippen molar-refractivity contribution in [2.75, 3.05) is 38.1 Å². The van der Waals surface area contributed by atoms with Gasteiger partial charge in [-0.3, -0.25) is 14.7 Å². The summed E-state index contributed by atoms with van der Waals surface area (Å²) in [6.07, 6.45) is 4.88. The topological polar surface area (TPSA) is 68.4 Å². The van der Waals surface area contributed by atoms with E-state index in [1.807, 2.05) is 17.0 Å². The number of halogens is 2. The molecule has 0 unspecified atom stereocenters. The van der Waals surface area contributed by atoms with Crippen molar-refractivity contribution < 1.29 is 8.78 Å². The molecule has 186 valence electrons. The van der Waals surface area contributed by atoms with E-state index >= 15 is 0 Å². The summed E-state index contributed by atoms with van der Waals surface area (Å²) in [5.74, 6) is -1.43. The Balaban J connectivity index is 1.48. The smallest absolute Gasteiger partial charge is 0.248 e. The average molecular weight is 491 g/mol. The van der Waals surface area contributed by atoms with Crippen LogP contribution in [0, 0.1) is 11.6 Å². The summed E-state index contributed by atoms with van der Waals surface area (Å²) in [4.78, 5) is 30.3. The number of pyridine rings is 1. The molecule has 2 aromatic heterocycles. The van der Waals surface area contributed by atoms with Crippen LogP contribution < -0.4 is 10.5 Å². The van der Waals surface area contributed by atoms with E-state index < -0.39 is 17.2 Å². The summed E-state index contributed by atoms with van der Waals surface area (Å²) < 4.78 is 28.3. The van der Waals surface area contributed by atoms with Crippen molar-refractivity contribution in [2.45, 2.75) is 19.6 Å². The molecule has 0 saturated carbocycles. The van der Waals surface area contributed by atoms with Crippen LogP contribution in [0.5, 0.6) is 0 Å². The summed E-state index contributed by atoms with van der Waals surface area (Å²) >= 11 is 0. The normalized spacial score (nSPS) is 14.9. The van der Waals surface area contributed by atoms with E-state index in [1.165, 1.54) is 17.7 Å². The van der Waals surface area contributed by atoms with Gasteiger partial charge in [-0.2, -0.15) is 0 Å². The number of piperazine rings is 1. The zero-order valence-electron chi connectivity index (χ0n) is 20.1. The largest absolute Gasteiger partial charge is 0.347 e. The van der Waals surface area contributed by atoms with Gasteiger partial charge in [-0.15, -0.1) is 0 Å². The number of benzene rings is 2. The second-order valence-electron chi connectivity index (χ2n) is 9.21. The Hall–Kier alpha value is -3.69. The minimum Gasteiger partial charge on any atom is -0.347 e. The van der Waals surface area contributed by atoms with Crippen molar-refractivity contribution in [3.8, 4) is 0 Å². The SMILES string of the molecule is CN1CCN(Cc2ccccc2CN(Cc2cc(=O)[nH]c3c(F)c(F)ccc23)c2cnccn2)CC1. The maximum absolute atomic E-state index is 14.5. The molecule has 0 amide bonds. The first-order valence-electron chi connectivity index (χ1n) is 12.0. The Bertz CT molecular complexity index is 1400. The number of nitrogens with zero attached hydrogens (tertiary/aromatic N) is 5. The Morgan fingerprint density at radius 3 is 2.47 bits per heavy atom. The highest BCUT2D eigenvalue weighted by Crippen LogP contribution is 2.25. The van der Waals surface area contributed by atoms with Crippen LogP contribution in [0.4, 0.5) is 14.6 Å². The molecule has 1 saturated heterocycles. The fourth-order valence-corrected chi connectivity index (χ4v) is 4.66. The van der Waals surface area contributed by atoms with Crippen molar-refractivity contribution in [3.05, 3.63) is 99.7 Å². The van der Waals surface area contributed by atoms with Crippen LogP contribution in [-0.2, 0) is 19.6 Å². The zero-order valence-corrected chi connectivity index (χ0v) is 20.1. The number of likely N-dealkylation sites (N-methyl/N-ethyl adjacent to an activating group) is 1. The van der Waals surface area contributed by atoms with Gasteiger partial charge in [0.05, 0.1) is 11.7 Å². The second kappa shape index (κ2) is 10.5. The predicted molar refractivity (Wildman–Crippen MR) is 136 cm³/mol. The van der Waals surface area contributed by atoms with Crippen LogP contribution in [0.25, 0.3) is 10.9 Å². The fraction of sp³-hybridized carbons (Fsp3) is 0.296. The molecule has 1 aliphatic heterocycles. The van der Waals surface area contributed by atoms with E-state index in [0.29, 0.717) is 23.3 Å². The third kappa shape index (κ3) is 5.27. The van der Waals surface area contributed by atoms with Crippen molar-refractivity contribution in [3.63, 3.8) is 0 Å². The number of nitrogens with one attached hydrogen (secondary N) is 1. The molecule has 0 bridgehead atoms. The molecule has 36 heavy (non-hydrogen) atoms. The summed E-state index contributed by atoms with van der Waals surface area (Å²) in [6.45, 7) is 5.74. The molecule has 1 aliphatic rings. The standard InChI is InChI=1S/C27H28F2N6O/c1-33-10-12-34(13-11-33)16-19-4-2-3-5-20(19)17-35(24-15-30-8-9-31-24)18-21-14-25(36)32-27-22(21)6-7-23(28)26(27)29/h2-9,14-15H,10-13,16-18H2,1H3,(H,32,36). The lowest BCUT2D eigenvalue weighted by Gasteiger charge is -2.33. The van der Waals surface area contributed by atoms with Gasteiger partial charge in [-0.1, -0.05) is 24.3 Å². The highest BCUT2D eigenvalue weighted by atomic mass is 19.2. The van der Waals surface area contributed by atoms with Gasteiger partial charge < -0.3 is 14.8 Å². The lowest BCUT2D eigenvalue weighted by Crippen LogP contribution is -2.44. The quantitative estimate of drug-likeness (QED) is 0.427. The molecule has 7 nitrogen and oxygen atoms in total. The van der Waals surface area contributed by atoms with E-state index in [-0.39, 0.29) is 12.1 Å². The molecule has 0 atom stereocenters. The highest BCUT2D eigenvalue weighted by Gasteiger charge is 2.19. The minimum absolute atomic E-state index is 0.132. The number of aromatic nitrogens is 3.